The summed E-state index contributed by atoms with van der Waals surface area (Å²) in [5, 5.41) is 2.74. The van der Waals surface area contributed by atoms with Gasteiger partial charge >= 0.3 is 6.18 Å². The van der Waals surface area contributed by atoms with Gasteiger partial charge < -0.3 is 5.32 Å². The number of imide groups is 1. The molecule has 1 saturated heterocycles. The van der Waals surface area contributed by atoms with Crippen LogP contribution < -0.4 is 5.32 Å². The molecule has 1 aliphatic heterocycles. The summed E-state index contributed by atoms with van der Waals surface area (Å²) in [6.07, 6.45) is -4.55. The molecule has 0 aromatic heterocycles. The molecular formula is C18H15F3N2O2. The topological polar surface area (TPSA) is 49.4 Å². The predicted octanol–water partition coefficient (Wildman–Crippen LogP) is 3.45. The van der Waals surface area contributed by atoms with Gasteiger partial charge in [0.15, 0.2) is 0 Å². The molecule has 2 amide bonds. The summed E-state index contributed by atoms with van der Waals surface area (Å²) in [5.74, 6) is -0.787. The Morgan fingerprint density at radius 3 is 2.44 bits per heavy atom. The van der Waals surface area contributed by atoms with Gasteiger partial charge in [-0.25, -0.2) is 0 Å². The molecule has 3 rings (SSSR count). The first kappa shape index (κ1) is 17.0. The number of carbonyl (C=O) groups excluding carboxylic acids is 2. The van der Waals surface area contributed by atoms with Crippen molar-refractivity contribution in [1.29, 1.82) is 0 Å². The third-order valence-electron chi connectivity index (χ3n) is 3.96. The zero-order valence-electron chi connectivity index (χ0n) is 13.1. The summed E-state index contributed by atoms with van der Waals surface area (Å²) in [4.78, 5) is 25.7. The van der Waals surface area contributed by atoms with E-state index in [9.17, 15) is 22.8 Å². The lowest BCUT2D eigenvalue weighted by Crippen LogP contribution is -2.34. The molecule has 0 radical (unpaired) electrons. The summed E-state index contributed by atoms with van der Waals surface area (Å²) in [6.45, 7) is 0.152. The van der Waals surface area contributed by atoms with Crippen molar-refractivity contribution in [2.24, 2.45) is 0 Å². The molecule has 0 spiro atoms. The highest BCUT2D eigenvalue weighted by Gasteiger charge is 2.38. The molecule has 1 aliphatic rings. The van der Waals surface area contributed by atoms with Crippen LogP contribution in [0.15, 0.2) is 54.6 Å². The molecule has 0 saturated carbocycles. The van der Waals surface area contributed by atoms with E-state index in [0.29, 0.717) is 0 Å². The zero-order chi connectivity index (χ0) is 18.0. The van der Waals surface area contributed by atoms with Gasteiger partial charge in [0.25, 0.3) is 5.91 Å². The van der Waals surface area contributed by atoms with Crippen LogP contribution in [0.4, 0.5) is 18.9 Å². The fourth-order valence-electron chi connectivity index (χ4n) is 2.71. The van der Waals surface area contributed by atoms with Gasteiger partial charge in [-0.3, -0.25) is 14.5 Å². The molecule has 0 bridgehead atoms. The van der Waals surface area contributed by atoms with E-state index in [4.69, 9.17) is 0 Å². The monoisotopic (exact) mass is 348 g/mol. The predicted molar refractivity (Wildman–Crippen MR) is 85.5 cm³/mol. The van der Waals surface area contributed by atoms with Crippen molar-refractivity contribution >= 4 is 17.5 Å². The SMILES string of the molecule is O=C1C[C@H](Nc2cccc(C(F)(F)F)c2)C(=O)N1Cc1ccccc1. The Bertz CT molecular complexity index is 790. The van der Waals surface area contributed by atoms with E-state index in [0.717, 1.165) is 22.6 Å². The molecule has 2 aromatic rings. The molecule has 2 aromatic carbocycles. The molecule has 25 heavy (non-hydrogen) atoms. The molecule has 1 fully saturated rings. The Labute approximate surface area is 142 Å². The Kier molecular flexibility index (Phi) is 4.48. The number of anilines is 1. The largest absolute Gasteiger partial charge is 0.416 e. The number of alkyl halides is 3. The molecule has 130 valence electrons. The second-order valence-electron chi connectivity index (χ2n) is 5.78. The van der Waals surface area contributed by atoms with Crippen LogP contribution in [0.5, 0.6) is 0 Å². The van der Waals surface area contributed by atoms with Gasteiger partial charge in [-0.2, -0.15) is 13.2 Å². The number of hydrogen-bond donors (Lipinski definition) is 1. The minimum Gasteiger partial charge on any atom is -0.373 e. The first-order valence-corrected chi connectivity index (χ1v) is 7.66. The number of carbonyl (C=O) groups is 2. The maximum Gasteiger partial charge on any atom is 0.416 e. The molecule has 0 unspecified atom stereocenters. The average Bonchev–Trinajstić information content (AvgIpc) is 2.83. The maximum atomic E-state index is 12.8. The van der Waals surface area contributed by atoms with E-state index >= 15 is 0 Å². The van der Waals surface area contributed by atoms with E-state index < -0.39 is 23.7 Å². The third kappa shape index (κ3) is 3.81. The van der Waals surface area contributed by atoms with Crippen LogP contribution in [0, 0.1) is 0 Å². The highest BCUT2D eigenvalue weighted by molar-refractivity contribution is 6.06. The van der Waals surface area contributed by atoms with E-state index in [1.54, 1.807) is 24.3 Å². The highest BCUT2D eigenvalue weighted by Crippen LogP contribution is 2.31. The Hall–Kier alpha value is -2.83. The lowest BCUT2D eigenvalue weighted by molar-refractivity contribution is -0.139. The van der Waals surface area contributed by atoms with Gasteiger partial charge in [0.2, 0.25) is 5.91 Å². The summed E-state index contributed by atoms with van der Waals surface area (Å²) < 4.78 is 38.3. The Morgan fingerprint density at radius 1 is 1.04 bits per heavy atom. The van der Waals surface area contributed by atoms with Crippen LogP contribution in [-0.4, -0.2) is 22.8 Å². The second kappa shape index (κ2) is 6.58. The highest BCUT2D eigenvalue weighted by atomic mass is 19.4. The van der Waals surface area contributed by atoms with Crippen molar-refractivity contribution < 1.29 is 22.8 Å². The van der Waals surface area contributed by atoms with Gasteiger partial charge in [-0.05, 0) is 23.8 Å². The Balaban J connectivity index is 1.72. The fourth-order valence-corrected chi connectivity index (χ4v) is 2.71. The number of nitrogens with one attached hydrogen (secondary N) is 1. The normalized spacial score (nSPS) is 17.9. The van der Waals surface area contributed by atoms with Crippen molar-refractivity contribution in [3.05, 3.63) is 65.7 Å². The van der Waals surface area contributed by atoms with E-state index in [-0.39, 0.29) is 24.6 Å². The molecule has 1 atom stereocenters. The first-order chi connectivity index (χ1) is 11.8. The lowest BCUT2D eigenvalue weighted by Gasteiger charge is -2.17. The van der Waals surface area contributed by atoms with Gasteiger partial charge in [0.1, 0.15) is 6.04 Å². The number of halogens is 3. The third-order valence-corrected chi connectivity index (χ3v) is 3.96. The standard InChI is InChI=1S/C18H15F3N2O2/c19-18(20,21)13-7-4-8-14(9-13)22-15-10-16(24)23(17(15)25)11-12-5-2-1-3-6-12/h1-9,15,22H,10-11H2/t15-/m0/s1. The molecule has 1 N–H and O–H groups in total. The van der Waals surface area contributed by atoms with Gasteiger partial charge in [-0.1, -0.05) is 36.4 Å². The zero-order valence-corrected chi connectivity index (χ0v) is 13.1. The van der Waals surface area contributed by atoms with E-state index in [1.165, 1.54) is 12.1 Å². The van der Waals surface area contributed by atoms with Crippen LogP contribution >= 0.6 is 0 Å². The van der Waals surface area contributed by atoms with Crippen molar-refractivity contribution in [3.8, 4) is 0 Å². The average molecular weight is 348 g/mol. The Morgan fingerprint density at radius 2 is 1.76 bits per heavy atom. The minimum absolute atomic E-state index is 0.0814. The maximum absolute atomic E-state index is 12.8. The van der Waals surface area contributed by atoms with Gasteiger partial charge in [0.05, 0.1) is 18.5 Å². The van der Waals surface area contributed by atoms with E-state index in [1.807, 2.05) is 6.07 Å². The number of nitrogens with zero attached hydrogens (tertiary/aromatic N) is 1. The molecular weight excluding hydrogens is 333 g/mol. The summed E-state index contributed by atoms with van der Waals surface area (Å²) in [7, 11) is 0. The second-order valence-corrected chi connectivity index (χ2v) is 5.78. The smallest absolute Gasteiger partial charge is 0.373 e. The van der Waals surface area contributed by atoms with Gasteiger partial charge in [0, 0.05) is 5.69 Å². The van der Waals surface area contributed by atoms with Crippen molar-refractivity contribution in [2.45, 2.75) is 25.2 Å². The van der Waals surface area contributed by atoms with E-state index in [2.05, 4.69) is 5.32 Å². The number of benzene rings is 2. The molecule has 4 nitrogen and oxygen atoms in total. The number of rotatable bonds is 4. The molecule has 0 aliphatic carbocycles. The lowest BCUT2D eigenvalue weighted by atomic mass is 10.1. The van der Waals surface area contributed by atoms with Crippen LogP contribution in [0.1, 0.15) is 17.5 Å². The quantitative estimate of drug-likeness (QED) is 0.861. The van der Waals surface area contributed by atoms with Crippen LogP contribution in [-0.2, 0) is 22.3 Å². The van der Waals surface area contributed by atoms with Crippen molar-refractivity contribution in [1.82, 2.24) is 4.90 Å². The van der Waals surface area contributed by atoms with Crippen LogP contribution in [0.2, 0.25) is 0 Å². The first-order valence-electron chi connectivity index (χ1n) is 7.66. The minimum atomic E-state index is -4.47. The number of hydrogen-bond acceptors (Lipinski definition) is 3. The van der Waals surface area contributed by atoms with Crippen molar-refractivity contribution in [2.75, 3.05) is 5.32 Å². The van der Waals surface area contributed by atoms with Crippen LogP contribution in [0.25, 0.3) is 0 Å². The molecule has 7 heteroatoms. The fraction of sp³-hybridized carbons (Fsp3) is 0.222. The van der Waals surface area contributed by atoms with Crippen molar-refractivity contribution in [3.63, 3.8) is 0 Å². The number of amides is 2. The summed E-state index contributed by atoms with van der Waals surface area (Å²) in [6, 6.07) is 12.8. The summed E-state index contributed by atoms with van der Waals surface area (Å²) in [5.41, 5.74) is 0.155. The van der Waals surface area contributed by atoms with Crippen LogP contribution in [0.3, 0.4) is 0 Å². The molecule has 1 heterocycles. The number of likely N-dealkylation sites (tertiary alicyclic amines) is 1. The van der Waals surface area contributed by atoms with Gasteiger partial charge in [-0.15, -0.1) is 0 Å². The summed E-state index contributed by atoms with van der Waals surface area (Å²) >= 11 is 0.